The molecule has 0 aliphatic carbocycles. The molecule has 1 aliphatic rings. The SMILES string of the molecule is O=C(CSc1ccc(Br)cc1)N1CCCCCC1CO. The molecule has 3 nitrogen and oxygen atoms in total. The number of aliphatic hydroxyl groups excluding tert-OH is 1. The lowest BCUT2D eigenvalue weighted by Crippen LogP contribution is -2.43. The number of aliphatic hydroxyl groups is 1. The van der Waals surface area contributed by atoms with E-state index in [1.165, 1.54) is 0 Å². The van der Waals surface area contributed by atoms with E-state index in [0.717, 1.165) is 41.6 Å². The summed E-state index contributed by atoms with van der Waals surface area (Å²) in [5.74, 6) is 0.580. The number of halogens is 1. The van der Waals surface area contributed by atoms with Gasteiger partial charge in [-0.1, -0.05) is 28.8 Å². The quantitative estimate of drug-likeness (QED) is 0.840. The number of rotatable bonds is 4. The Hall–Kier alpha value is -0.520. The first kappa shape index (κ1) is 15.9. The molecule has 1 aromatic rings. The molecule has 2 rings (SSSR count). The first-order chi connectivity index (χ1) is 9.70. The number of carbonyl (C=O) groups excluding carboxylic acids is 1. The first-order valence-electron chi connectivity index (χ1n) is 6.99. The molecule has 1 amide bonds. The van der Waals surface area contributed by atoms with E-state index in [1.54, 1.807) is 11.8 Å². The van der Waals surface area contributed by atoms with E-state index in [2.05, 4.69) is 15.9 Å². The summed E-state index contributed by atoms with van der Waals surface area (Å²) in [6, 6.07) is 7.99. The predicted molar refractivity (Wildman–Crippen MR) is 85.9 cm³/mol. The van der Waals surface area contributed by atoms with E-state index < -0.39 is 0 Å². The molecule has 1 aliphatic heterocycles. The van der Waals surface area contributed by atoms with Crippen molar-refractivity contribution < 1.29 is 9.90 Å². The van der Waals surface area contributed by atoms with Gasteiger partial charge < -0.3 is 10.0 Å². The zero-order chi connectivity index (χ0) is 14.4. The van der Waals surface area contributed by atoms with Crippen LogP contribution in [-0.2, 0) is 4.79 Å². The molecule has 0 saturated carbocycles. The van der Waals surface area contributed by atoms with Crippen molar-refractivity contribution in [2.24, 2.45) is 0 Å². The lowest BCUT2D eigenvalue weighted by atomic mass is 10.1. The van der Waals surface area contributed by atoms with Crippen molar-refractivity contribution in [1.82, 2.24) is 4.90 Å². The van der Waals surface area contributed by atoms with Gasteiger partial charge in [0.2, 0.25) is 5.91 Å². The van der Waals surface area contributed by atoms with Crippen molar-refractivity contribution in [3.63, 3.8) is 0 Å². The molecule has 0 aromatic heterocycles. The van der Waals surface area contributed by atoms with Crippen molar-refractivity contribution in [2.45, 2.75) is 36.6 Å². The van der Waals surface area contributed by atoms with Crippen LogP contribution < -0.4 is 0 Å². The summed E-state index contributed by atoms with van der Waals surface area (Å²) in [7, 11) is 0. The van der Waals surface area contributed by atoms with Crippen molar-refractivity contribution in [2.75, 3.05) is 18.9 Å². The van der Waals surface area contributed by atoms with Gasteiger partial charge in [0.15, 0.2) is 0 Å². The Balaban J connectivity index is 1.90. The van der Waals surface area contributed by atoms with Gasteiger partial charge in [-0.25, -0.2) is 0 Å². The maximum atomic E-state index is 12.3. The fourth-order valence-electron chi connectivity index (χ4n) is 2.45. The number of nitrogens with zero attached hydrogens (tertiary/aromatic N) is 1. The standard InChI is InChI=1S/C15H20BrNO2S/c16-12-5-7-14(8-6-12)20-11-15(19)17-9-3-1-2-4-13(17)10-18/h5-8,13,18H,1-4,9-11H2. The Morgan fingerprint density at radius 1 is 1.30 bits per heavy atom. The van der Waals surface area contributed by atoms with E-state index in [0.29, 0.717) is 5.75 Å². The number of thioether (sulfide) groups is 1. The van der Waals surface area contributed by atoms with Crippen LogP contribution in [0.15, 0.2) is 33.6 Å². The van der Waals surface area contributed by atoms with Crippen LogP contribution in [0.1, 0.15) is 25.7 Å². The van der Waals surface area contributed by atoms with Crippen LogP contribution in [0.25, 0.3) is 0 Å². The molecule has 1 saturated heterocycles. The third-order valence-electron chi connectivity index (χ3n) is 3.58. The van der Waals surface area contributed by atoms with Crippen LogP contribution in [0.3, 0.4) is 0 Å². The van der Waals surface area contributed by atoms with Crippen molar-refractivity contribution >= 4 is 33.6 Å². The molecule has 0 radical (unpaired) electrons. The Bertz CT molecular complexity index is 438. The predicted octanol–water partition coefficient (Wildman–Crippen LogP) is 3.30. The van der Waals surface area contributed by atoms with Gasteiger partial charge >= 0.3 is 0 Å². The highest BCUT2D eigenvalue weighted by Crippen LogP contribution is 2.23. The monoisotopic (exact) mass is 357 g/mol. The second-order valence-corrected chi connectivity index (χ2v) is 6.98. The lowest BCUT2D eigenvalue weighted by molar-refractivity contribution is -0.131. The van der Waals surface area contributed by atoms with Gasteiger partial charge in [0.25, 0.3) is 0 Å². The number of hydrogen-bond acceptors (Lipinski definition) is 3. The molecule has 1 aromatic carbocycles. The van der Waals surface area contributed by atoms with Crippen molar-refractivity contribution in [1.29, 1.82) is 0 Å². The third kappa shape index (κ3) is 4.50. The van der Waals surface area contributed by atoms with Gasteiger partial charge in [0, 0.05) is 15.9 Å². The lowest BCUT2D eigenvalue weighted by Gasteiger charge is -2.28. The van der Waals surface area contributed by atoms with E-state index >= 15 is 0 Å². The fraction of sp³-hybridized carbons (Fsp3) is 0.533. The Morgan fingerprint density at radius 3 is 2.75 bits per heavy atom. The molecular weight excluding hydrogens is 338 g/mol. The third-order valence-corrected chi connectivity index (χ3v) is 5.11. The summed E-state index contributed by atoms with van der Waals surface area (Å²) in [6.07, 6.45) is 4.23. The summed E-state index contributed by atoms with van der Waals surface area (Å²) in [4.78, 5) is 15.3. The normalized spacial score (nSPS) is 19.7. The fourth-order valence-corrected chi connectivity index (χ4v) is 3.50. The molecule has 5 heteroatoms. The van der Waals surface area contributed by atoms with Gasteiger partial charge in [-0.15, -0.1) is 11.8 Å². The molecule has 1 heterocycles. The summed E-state index contributed by atoms with van der Waals surface area (Å²) in [5.41, 5.74) is 0. The highest BCUT2D eigenvalue weighted by molar-refractivity contribution is 9.10. The van der Waals surface area contributed by atoms with Crippen LogP contribution in [0.2, 0.25) is 0 Å². The van der Waals surface area contributed by atoms with Crippen LogP contribution in [-0.4, -0.2) is 40.9 Å². The topological polar surface area (TPSA) is 40.5 Å². The van der Waals surface area contributed by atoms with Crippen molar-refractivity contribution in [3.8, 4) is 0 Å². The van der Waals surface area contributed by atoms with Crippen LogP contribution in [0.4, 0.5) is 0 Å². The Kier molecular flexibility index (Phi) is 6.39. The average Bonchev–Trinajstić information content (AvgIpc) is 2.71. The molecule has 0 bridgehead atoms. The van der Waals surface area contributed by atoms with Gasteiger partial charge in [-0.2, -0.15) is 0 Å². The van der Waals surface area contributed by atoms with Crippen LogP contribution >= 0.6 is 27.7 Å². The van der Waals surface area contributed by atoms with E-state index in [4.69, 9.17) is 0 Å². The first-order valence-corrected chi connectivity index (χ1v) is 8.77. The minimum absolute atomic E-state index is 0.00974. The molecule has 20 heavy (non-hydrogen) atoms. The van der Waals surface area contributed by atoms with Gasteiger partial charge in [0.1, 0.15) is 0 Å². The number of likely N-dealkylation sites (tertiary alicyclic amines) is 1. The average molecular weight is 358 g/mol. The molecule has 1 atom stereocenters. The second-order valence-electron chi connectivity index (χ2n) is 5.02. The van der Waals surface area contributed by atoms with E-state index in [9.17, 15) is 9.90 Å². The summed E-state index contributed by atoms with van der Waals surface area (Å²) in [6.45, 7) is 0.861. The largest absolute Gasteiger partial charge is 0.394 e. The number of carbonyl (C=O) groups is 1. The maximum absolute atomic E-state index is 12.3. The number of benzene rings is 1. The van der Waals surface area contributed by atoms with E-state index in [-0.39, 0.29) is 18.6 Å². The summed E-state index contributed by atoms with van der Waals surface area (Å²) >= 11 is 4.96. The molecular formula is C15H20BrNO2S. The summed E-state index contributed by atoms with van der Waals surface area (Å²) < 4.78 is 1.04. The minimum atomic E-state index is 0.00974. The van der Waals surface area contributed by atoms with Gasteiger partial charge in [0.05, 0.1) is 18.4 Å². The molecule has 110 valence electrons. The van der Waals surface area contributed by atoms with Crippen LogP contribution in [0, 0.1) is 0 Å². The molecule has 1 unspecified atom stereocenters. The highest BCUT2D eigenvalue weighted by Gasteiger charge is 2.24. The zero-order valence-electron chi connectivity index (χ0n) is 11.4. The summed E-state index contributed by atoms with van der Waals surface area (Å²) in [5, 5.41) is 9.45. The Labute approximate surface area is 132 Å². The smallest absolute Gasteiger partial charge is 0.233 e. The molecule has 1 N–H and O–H groups in total. The van der Waals surface area contributed by atoms with Crippen molar-refractivity contribution in [3.05, 3.63) is 28.7 Å². The van der Waals surface area contributed by atoms with Gasteiger partial charge in [-0.05, 0) is 37.1 Å². The number of hydrogen-bond donors (Lipinski definition) is 1. The highest BCUT2D eigenvalue weighted by atomic mass is 79.9. The molecule has 1 fully saturated rings. The van der Waals surface area contributed by atoms with Crippen LogP contribution in [0.5, 0.6) is 0 Å². The zero-order valence-corrected chi connectivity index (χ0v) is 13.8. The maximum Gasteiger partial charge on any atom is 0.233 e. The van der Waals surface area contributed by atoms with E-state index in [1.807, 2.05) is 29.2 Å². The number of amides is 1. The Morgan fingerprint density at radius 2 is 2.05 bits per heavy atom. The minimum Gasteiger partial charge on any atom is -0.394 e. The van der Waals surface area contributed by atoms with Gasteiger partial charge in [-0.3, -0.25) is 4.79 Å². The second kappa shape index (κ2) is 8.05. The molecule has 0 spiro atoms.